The lowest BCUT2D eigenvalue weighted by molar-refractivity contribution is 0.203. The molecule has 1 aliphatic heterocycles. The molecular formula is C14H21N3O. The Morgan fingerprint density at radius 3 is 2.78 bits per heavy atom. The van der Waals surface area contributed by atoms with Crippen molar-refractivity contribution in [2.45, 2.75) is 32.9 Å². The van der Waals surface area contributed by atoms with Crippen molar-refractivity contribution in [2.75, 3.05) is 13.1 Å². The van der Waals surface area contributed by atoms with Crippen LogP contribution in [0.15, 0.2) is 18.2 Å². The molecule has 1 aliphatic rings. The minimum absolute atomic E-state index is 0.0174. The maximum absolute atomic E-state index is 11.9. The molecule has 4 heteroatoms. The molecule has 3 N–H and O–H groups in total. The van der Waals surface area contributed by atoms with E-state index in [-0.39, 0.29) is 18.1 Å². The average Bonchev–Trinajstić information content (AvgIpc) is 2.74. The van der Waals surface area contributed by atoms with Gasteiger partial charge in [0.25, 0.3) is 0 Å². The van der Waals surface area contributed by atoms with Gasteiger partial charge in [-0.25, -0.2) is 4.79 Å². The molecule has 1 fully saturated rings. The van der Waals surface area contributed by atoms with Gasteiger partial charge in [-0.15, -0.1) is 0 Å². The molecule has 2 amide bonds. The zero-order chi connectivity index (χ0) is 13.3. The summed E-state index contributed by atoms with van der Waals surface area (Å²) in [7, 11) is 0. The third-order valence-electron chi connectivity index (χ3n) is 3.74. The van der Waals surface area contributed by atoms with E-state index in [1.54, 1.807) is 4.90 Å². The number of benzene rings is 1. The Balaban J connectivity index is 2.16. The quantitative estimate of drug-likeness (QED) is 0.854. The second kappa shape index (κ2) is 4.98. The molecule has 1 heterocycles. The normalized spacial score (nSPS) is 21.0. The Kier molecular flexibility index (Phi) is 3.57. The number of urea groups is 1. The standard InChI is InChI=1S/C14H21N3O/c1-9-4-5-12(6-10(9)2)13-8-17(11(3)7-15)14(18)16-13/h4-6,11,13H,7-8,15H2,1-3H3,(H,16,18). The summed E-state index contributed by atoms with van der Waals surface area (Å²) in [4.78, 5) is 13.7. The number of carbonyl (C=O) groups is 1. The van der Waals surface area contributed by atoms with Crippen LogP contribution in [0.1, 0.15) is 29.7 Å². The number of nitrogens with zero attached hydrogens (tertiary/aromatic N) is 1. The molecule has 0 aliphatic carbocycles. The van der Waals surface area contributed by atoms with Crippen LogP contribution < -0.4 is 11.1 Å². The maximum Gasteiger partial charge on any atom is 0.318 e. The first-order valence-corrected chi connectivity index (χ1v) is 6.37. The predicted molar refractivity (Wildman–Crippen MR) is 72.4 cm³/mol. The van der Waals surface area contributed by atoms with E-state index in [9.17, 15) is 4.79 Å². The Hall–Kier alpha value is -1.55. The van der Waals surface area contributed by atoms with Gasteiger partial charge in [0.2, 0.25) is 0 Å². The first-order chi connectivity index (χ1) is 8.52. The van der Waals surface area contributed by atoms with Crippen LogP contribution in [-0.2, 0) is 0 Å². The van der Waals surface area contributed by atoms with Crippen LogP contribution in [0.5, 0.6) is 0 Å². The minimum Gasteiger partial charge on any atom is -0.329 e. The Bertz CT molecular complexity index is 458. The van der Waals surface area contributed by atoms with Gasteiger partial charge >= 0.3 is 6.03 Å². The van der Waals surface area contributed by atoms with Gasteiger partial charge in [0.05, 0.1) is 6.04 Å². The van der Waals surface area contributed by atoms with Crippen molar-refractivity contribution in [3.8, 4) is 0 Å². The SMILES string of the molecule is Cc1ccc(C2CN(C(C)CN)C(=O)N2)cc1C. The van der Waals surface area contributed by atoms with E-state index in [0.717, 1.165) is 5.56 Å². The third-order valence-corrected chi connectivity index (χ3v) is 3.74. The van der Waals surface area contributed by atoms with Crippen molar-refractivity contribution in [3.63, 3.8) is 0 Å². The molecule has 0 radical (unpaired) electrons. The van der Waals surface area contributed by atoms with E-state index in [2.05, 4.69) is 37.4 Å². The highest BCUT2D eigenvalue weighted by Crippen LogP contribution is 2.23. The molecule has 0 bridgehead atoms. The van der Waals surface area contributed by atoms with Gasteiger partial charge in [-0.1, -0.05) is 18.2 Å². The number of carbonyl (C=O) groups excluding carboxylic acids is 1. The molecule has 1 aromatic rings. The van der Waals surface area contributed by atoms with Gasteiger partial charge in [0, 0.05) is 19.1 Å². The fraction of sp³-hybridized carbons (Fsp3) is 0.500. The molecule has 18 heavy (non-hydrogen) atoms. The monoisotopic (exact) mass is 247 g/mol. The number of hydrogen-bond donors (Lipinski definition) is 2. The van der Waals surface area contributed by atoms with Gasteiger partial charge in [-0.2, -0.15) is 0 Å². The van der Waals surface area contributed by atoms with E-state index in [0.29, 0.717) is 13.1 Å². The summed E-state index contributed by atoms with van der Waals surface area (Å²) in [6, 6.07) is 6.48. The fourth-order valence-electron chi connectivity index (χ4n) is 2.23. The summed E-state index contributed by atoms with van der Waals surface area (Å²) in [5, 5.41) is 3.01. The molecule has 0 saturated carbocycles. The number of aryl methyl sites for hydroxylation is 2. The number of hydrogen-bond acceptors (Lipinski definition) is 2. The van der Waals surface area contributed by atoms with Crippen LogP contribution in [0.25, 0.3) is 0 Å². The summed E-state index contributed by atoms with van der Waals surface area (Å²) in [5.74, 6) is 0. The number of rotatable bonds is 3. The van der Waals surface area contributed by atoms with Crippen LogP contribution in [0.4, 0.5) is 4.79 Å². The molecule has 1 saturated heterocycles. The fourth-order valence-corrected chi connectivity index (χ4v) is 2.23. The molecule has 0 spiro atoms. The zero-order valence-corrected chi connectivity index (χ0v) is 11.2. The molecular weight excluding hydrogens is 226 g/mol. The van der Waals surface area contributed by atoms with Gasteiger partial charge in [-0.3, -0.25) is 0 Å². The molecule has 2 rings (SSSR count). The Morgan fingerprint density at radius 1 is 1.44 bits per heavy atom. The summed E-state index contributed by atoms with van der Waals surface area (Å²) < 4.78 is 0. The topological polar surface area (TPSA) is 58.4 Å². The number of amides is 2. The lowest BCUT2D eigenvalue weighted by Gasteiger charge is -2.21. The molecule has 2 atom stereocenters. The van der Waals surface area contributed by atoms with Crippen LogP contribution in [-0.4, -0.2) is 30.1 Å². The zero-order valence-electron chi connectivity index (χ0n) is 11.2. The lowest BCUT2D eigenvalue weighted by Crippen LogP contribution is -2.40. The van der Waals surface area contributed by atoms with Crippen LogP contribution in [0.3, 0.4) is 0 Å². The molecule has 1 aromatic carbocycles. The van der Waals surface area contributed by atoms with E-state index in [4.69, 9.17) is 5.73 Å². The highest BCUT2D eigenvalue weighted by molar-refractivity contribution is 5.77. The van der Waals surface area contributed by atoms with Crippen LogP contribution in [0, 0.1) is 13.8 Å². The summed E-state index contributed by atoms with van der Waals surface area (Å²) in [6.07, 6.45) is 0. The third kappa shape index (κ3) is 2.34. The number of nitrogens with one attached hydrogen (secondary N) is 1. The lowest BCUT2D eigenvalue weighted by atomic mass is 10.0. The summed E-state index contributed by atoms with van der Waals surface area (Å²) >= 11 is 0. The second-order valence-electron chi connectivity index (χ2n) is 5.08. The minimum atomic E-state index is -0.0174. The largest absolute Gasteiger partial charge is 0.329 e. The van der Waals surface area contributed by atoms with E-state index in [1.165, 1.54) is 11.1 Å². The highest BCUT2D eigenvalue weighted by atomic mass is 16.2. The van der Waals surface area contributed by atoms with Crippen molar-refractivity contribution in [1.29, 1.82) is 0 Å². The smallest absolute Gasteiger partial charge is 0.318 e. The first kappa shape index (κ1) is 12.9. The summed E-state index contributed by atoms with van der Waals surface area (Å²) in [5.41, 5.74) is 9.32. The number of nitrogens with two attached hydrogens (primary N) is 1. The summed E-state index contributed by atoms with van der Waals surface area (Å²) in [6.45, 7) is 7.35. The second-order valence-corrected chi connectivity index (χ2v) is 5.08. The van der Waals surface area contributed by atoms with Crippen molar-refractivity contribution in [3.05, 3.63) is 34.9 Å². The molecule has 4 nitrogen and oxygen atoms in total. The van der Waals surface area contributed by atoms with Crippen LogP contribution >= 0.6 is 0 Å². The molecule has 2 unspecified atom stereocenters. The van der Waals surface area contributed by atoms with Gasteiger partial charge in [-0.05, 0) is 37.5 Å². The van der Waals surface area contributed by atoms with E-state index < -0.39 is 0 Å². The van der Waals surface area contributed by atoms with Crippen molar-refractivity contribution in [2.24, 2.45) is 5.73 Å². The van der Waals surface area contributed by atoms with E-state index in [1.807, 2.05) is 6.92 Å². The van der Waals surface area contributed by atoms with Crippen molar-refractivity contribution >= 4 is 6.03 Å². The molecule has 98 valence electrons. The maximum atomic E-state index is 11.9. The van der Waals surface area contributed by atoms with Gasteiger partial charge in [0.1, 0.15) is 0 Å². The van der Waals surface area contributed by atoms with Crippen LogP contribution in [0.2, 0.25) is 0 Å². The predicted octanol–water partition coefficient (Wildman–Crippen LogP) is 1.72. The molecule has 0 aromatic heterocycles. The van der Waals surface area contributed by atoms with Gasteiger partial charge < -0.3 is 16.0 Å². The van der Waals surface area contributed by atoms with Crippen molar-refractivity contribution in [1.82, 2.24) is 10.2 Å². The highest BCUT2D eigenvalue weighted by Gasteiger charge is 2.32. The first-order valence-electron chi connectivity index (χ1n) is 6.37. The Labute approximate surface area is 108 Å². The average molecular weight is 247 g/mol. The van der Waals surface area contributed by atoms with Gasteiger partial charge in [0.15, 0.2) is 0 Å². The Morgan fingerprint density at radius 2 is 2.17 bits per heavy atom. The van der Waals surface area contributed by atoms with Crippen molar-refractivity contribution < 1.29 is 4.79 Å². The van der Waals surface area contributed by atoms with E-state index >= 15 is 0 Å².